The zero-order valence-corrected chi connectivity index (χ0v) is 14.4. The minimum absolute atomic E-state index is 0.241. The van der Waals surface area contributed by atoms with Crippen LogP contribution in [0.1, 0.15) is 15.9 Å². The molecule has 0 aromatic heterocycles. The molecule has 0 fully saturated rings. The summed E-state index contributed by atoms with van der Waals surface area (Å²) in [5, 5.41) is 0.599. The average molecular weight is 374 g/mol. The van der Waals surface area contributed by atoms with Crippen molar-refractivity contribution in [1.29, 1.82) is 0 Å². The molecule has 8 heteroatoms. The zero-order chi connectivity index (χ0) is 17.0. The SMILES string of the molecule is COC(=O)c1ccc(CS(=O)(=O)Nc2ccc(Cl)c(Cl)c2)cc1. The molecule has 0 heterocycles. The van der Waals surface area contributed by atoms with Gasteiger partial charge in [-0.15, -0.1) is 0 Å². The summed E-state index contributed by atoms with van der Waals surface area (Å²) in [6, 6.07) is 10.6. The van der Waals surface area contributed by atoms with E-state index < -0.39 is 16.0 Å². The second kappa shape index (κ2) is 7.21. The Morgan fingerprint density at radius 2 is 1.74 bits per heavy atom. The summed E-state index contributed by atoms with van der Waals surface area (Å²) in [7, 11) is -2.34. The minimum atomic E-state index is -3.62. The number of carbonyl (C=O) groups is 1. The van der Waals surface area contributed by atoms with Gasteiger partial charge in [0.15, 0.2) is 0 Å². The highest BCUT2D eigenvalue weighted by molar-refractivity contribution is 7.91. The van der Waals surface area contributed by atoms with Gasteiger partial charge in [0.05, 0.1) is 34.2 Å². The molecule has 2 aromatic carbocycles. The molecule has 0 aliphatic carbocycles. The van der Waals surface area contributed by atoms with Crippen molar-refractivity contribution < 1.29 is 17.9 Å². The monoisotopic (exact) mass is 373 g/mol. The van der Waals surface area contributed by atoms with Crippen molar-refractivity contribution >= 4 is 44.9 Å². The van der Waals surface area contributed by atoms with Gasteiger partial charge in [0.2, 0.25) is 10.0 Å². The molecule has 0 bridgehead atoms. The number of ether oxygens (including phenoxy) is 1. The Balaban J connectivity index is 2.11. The second-order valence-electron chi connectivity index (χ2n) is 4.68. The van der Waals surface area contributed by atoms with Gasteiger partial charge in [0.1, 0.15) is 0 Å². The number of benzene rings is 2. The summed E-state index contributed by atoms with van der Waals surface area (Å²) < 4.78 is 31.3. The zero-order valence-electron chi connectivity index (χ0n) is 12.0. The first-order valence-corrected chi connectivity index (χ1v) is 8.84. The highest BCUT2D eigenvalue weighted by atomic mass is 35.5. The van der Waals surface area contributed by atoms with E-state index in [1.807, 2.05) is 0 Å². The van der Waals surface area contributed by atoms with Crippen LogP contribution in [0.15, 0.2) is 42.5 Å². The van der Waals surface area contributed by atoms with E-state index >= 15 is 0 Å². The summed E-state index contributed by atoms with van der Waals surface area (Å²) in [6.45, 7) is 0. The van der Waals surface area contributed by atoms with Gasteiger partial charge in [-0.1, -0.05) is 35.3 Å². The van der Waals surface area contributed by atoms with Crippen LogP contribution in [0.4, 0.5) is 5.69 Å². The van der Waals surface area contributed by atoms with Crippen LogP contribution in [0.5, 0.6) is 0 Å². The van der Waals surface area contributed by atoms with Crippen LogP contribution in [-0.4, -0.2) is 21.5 Å². The Kier molecular flexibility index (Phi) is 5.51. The van der Waals surface area contributed by atoms with Gasteiger partial charge < -0.3 is 4.74 Å². The molecule has 5 nitrogen and oxygen atoms in total. The van der Waals surface area contributed by atoms with Crippen LogP contribution in [0, 0.1) is 0 Å². The van der Waals surface area contributed by atoms with Crippen LogP contribution < -0.4 is 4.72 Å². The third-order valence-electron chi connectivity index (χ3n) is 2.92. The van der Waals surface area contributed by atoms with E-state index in [1.165, 1.54) is 37.4 Å². The Bertz CT molecular complexity index is 820. The molecule has 0 radical (unpaired) electrons. The number of esters is 1. The molecule has 0 aliphatic rings. The number of hydrogen-bond acceptors (Lipinski definition) is 4. The molecule has 0 unspecified atom stereocenters. The van der Waals surface area contributed by atoms with Gasteiger partial charge >= 0.3 is 5.97 Å². The predicted octanol–water partition coefficient (Wildman–Crippen LogP) is 3.72. The molecule has 0 aliphatic heterocycles. The first kappa shape index (κ1) is 17.6. The third kappa shape index (κ3) is 4.86. The van der Waals surface area contributed by atoms with Gasteiger partial charge in [-0.3, -0.25) is 4.72 Å². The standard InChI is InChI=1S/C15H13Cl2NO4S/c1-22-15(19)11-4-2-10(3-5-11)9-23(20,21)18-12-6-7-13(16)14(17)8-12/h2-8,18H,9H2,1H3. The number of carbonyl (C=O) groups excluding carboxylic acids is 1. The Morgan fingerprint density at radius 1 is 1.09 bits per heavy atom. The fourth-order valence-electron chi connectivity index (χ4n) is 1.85. The lowest BCUT2D eigenvalue weighted by molar-refractivity contribution is 0.0600. The first-order valence-electron chi connectivity index (χ1n) is 6.43. The summed E-state index contributed by atoms with van der Waals surface area (Å²) in [6.07, 6.45) is 0. The molecule has 0 spiro atoms. The summed E-state index contributed by atoms with van der Waals surface area (Å²) in [5.74, 6) is -0.720. The van der Waals surface area contributed by atoms with Crippen LogP contribution in [0.2, 0.25) is 10.0 Å². The van der Waals surface area contributed by atoms with Crippen molar-refractivity contribution in [3.05, 3.63) is 63.6 Å². The van der Waals surface area contributed by atoms with Gasteiger partial charge in [-0.2, -0.15) is 0 Å². The van der Waals surface area contributed by atoms with Gasteiger partial charge in [0, 0.05) is 0 Å². The fourth-order valence-corrected chi connectivity index (χ4v) is 3.34. The molecule has 122 valence electrons. The van der Waals surface area contributed by atoms with Gasteiger partial charge in [-0.05, 0) is 35.9 Å². The molecule has 2 aromatic rings. The van der Waals surface area contributed by atoms with E-state index in [9.17, 15) is 13.2 Å². The smallest absolute Gasteiger partial charge is 0.337 e. The van der Waals surface area contributed by atoms with E-state index in [2.05, 4.69) is 9.46 Å². The molecule has 2 rings (SSSR count). The van der Waals surface area contributed by atoms with Crippen LogP contribution >= 0.6 is 23.2 Å². The largest absolute Gasteiger partial charge is 0.465 e. The van der Waals surface area contributed by atoms with Crippen molar-refractivity contribution in [1.82, 2.24) is 0 Å². The number of halogens is 2. The molecule has 0 amide bonds. The van der Waals surface area contributed by atoms with E-state index in [-0.39, 0.29) is 10.8 Å². The first-order chi connectivity index (χ1) is 10.8. The Morgan fingerprint density at radius 3 is 2.30 bits per heavy atom. The van der Waals surface area contributed by atoms with Crippen molar-refractivity contribution in [3.63, 3.8) is 0 Å². The number of hydrogen-bond donors (Lipinski definition) is 1. The number of anilines is 1. The number of methoxy groups -OCH3 is 1. The number of nitrogens with one attached hydrogen (secondary N) is 1. The Hall–Kier alpha value is -1.76. The predicted molar refractivity (Wildman–Crippen MR) is 90.5 cm³/mol. The maximum absolute atomic E-state index is 12.2. The molecule has 0 saturated heterocycles. The van der Waals surface area contributed by atoms with Crippen LogP contribution in [-0.2, 0) is 20.5 Å². The number of sulfonamides is 1. The summed E-state index contributed by atoms with van der Waals surface area (Å²) in [5.41, 5.74) is 1.21. The normalized spacial score (nSPS) is 11.1. The number of rotatable bonds is 5. The quantitative estimate of drug-likeness (QED) is 0.810. The van der Waals surface area contributed by atoms with Crippen LogP contribution in [0.3, 0.4) is 0 Å². The van der Waals surface area contributed by atoms with E-state index in [0.29, 0.717) is 21.8 Å². The lowest BCUT2D eigenvalue weighted by atomic mass is 10.1. The van der Waals surface area contributed by atoms with E-state index in [0.717, 1.165) is 0 Å². The third-order valence-corrected chi connectivity index (χ3v) is 4.92. The minimum Gasteiger partial charge on any atom is -0.465 e. The second-order valence-corrected chi connectivity index (χ2v) is 7.22. The van der Waals surface area contributed by atoms with Gasteiger partial charge in [-0.25, -0.2) is 13.2 Å². The topological polar surface area (TPSA) is 72.5 Å². The average Bonchev–Trinajstić information content (AvgIpc) is 2.50. The Labute approximate surface area is 144 Å². The van der Waals surface area contributed by atoms with E-state index in [1.54, 1.807) is 12.1 Å². The van der Waals surface area contributed by atoms with Crippen molar-refractivity contribution in [3.8, 4) is 0 Å². The van der Waals surface area contributed by atoms with Crippen molar-refractivity contribution in [2.45, 2.75) is 5.75 Å². The van der Waals surface area contributed by atoms with Crippen LogP contribution in [0.25, 0.3) is 0 Å². The van der Waals surface area contributed by atoms with Crippen molar-refractivity contribution in [2.24, 2.45) is 0 Å². The van der Waals surface area contributed by atoms with Gasteiger partial charge in [0.25, 0.3) is 0 Å². The molecular weight excluding hydrogens is 361 g/mol. The molecule has 1 N–H and O–H groups in total. The summed E-state index contributed by atoms with van der Waals surface area (Å²) in [4.78, 5) is 11.3. The molecular formula is C15H13Cl2NO4S. The maximum atomic E-state index is 12.2. The molecule has 0 atom stereocenters. The summed E-state index contributed by atoms with van der Waals surface area (Å²) >= 11 is 11.6. The molecule has 0 saturated carbocycles. The highest BCUT2D eigenvalue weighted by Gasteiger charge is 2.13. The lowest BCUT2D eigenvalue weighted by Gasteiger charge is -2.09. The van der Waals surface area contributed by atoms with E-state index in [4.69, 9.17) is 23.2 Å². The van der Waals surface area contributed by atoms with Crippen molar-refractivity contribution in [2.75, 3.05) is 11.8 Å². The fraction of sp³-hybridized carbons (Fsp3) is 0.133. The lowest BCUT2D eigenvalue weighted by Crippen LogP contribution is -2.15. The highest BCUT2D eigenvalue weighted by Crippen LogP contribution is 2.25. The molecule has 23 heavy (non-hydrogen) atoms. The maximum Gasteiger partial charge on any atom is 0.337 e.